The monoisotopic (exact) mass is 585 g/mol. The van der Waals surface area contributed by atoms with Crippen molar-refractivity contribution in [3.05, 3.63) is 48.6 Å². The quantitative estimate of drug-likeness (QED) is 0.393. The molecule has 2 aliphatic rings. The van der Waals surface area contributed by atoms with E-state index in [1.165, 1.54) is 0 Å². The number of carboxylic acids is 2. The summed E-state index contributed by atoms with van der Waals surface area (Å²) in [6.07, 6.45) is 1.12. The molecule has 0 unspecified atom stereocenters. The lowest BCUT2D eigenvalue weighted by molar-refractivity contribution is -0.134. The van der Waals surface area contributed by atoms with Gasteiger partial charge in [0, 0.05) is 82.0 Å². The zero-order valence-electron chi connectivity index (χ0n) is 24.4. The molecule has 2 heterocycles. The summed E-state index contributed by atoms with van der Waals surface area (Å²) < 4.78 is 16.3. The average molecular weight is 586 g/mol. The number of aliphatic carboxylic acids is 2. The van der Waals surface area contributed by atoms with Crippen LogP contribution in [0, 0.1) is 0 Å². The molecule has 42 heavy (non-hydrogen) atoms. The maximum atomic E-state index is 13.0. The molecule has 0 aromatic heterocycles. The van der Waals surface area contributed by atoms with Gasteiger partial charge in [-0.1, -0.05) is 0 Å². The zero-order chi connectivity index (χ0) is 30.6. The normalized spacial score (nSPS) is 15.5. The van der Waals surface area contributed by atoms with Gasteiger partial charge in [0.15, 0.2) is 11.5 Å². The van der Waals surface area contributed by atoms with Gasteiger partial charge >= 0.3 is 18.0 Å². The summed E-state index contributed by atoms with van der Waals surface area (Å²) in [4.78, 5) is 40.8. The number of methoxy groups -OCH3 is 3. The zero-order valence-corrected chi connectivity index (χ0v) is 24.4. The molecule has 0 aliphatic carbocycles. The van der Waals surface area contributed by atoms with Crippen molar-refractivity contribution in [2.75, 3.05) is 95.9 Å². The van der Waals surface area contributed by atoms with Gasteiger partial charge in [-0.25, -0.2) is 14.4 Å². The Kier molecular flexibility index (Phi) is 11.7. The Hall–Kier alpha value is -4.65. The van der Waals surface area contributed by atoms with Gasteiger partial charge in [-0.3, -0.25) is 0 Å². The second-order valence-electron chi connectivity index (χ2n) is 9.63. The third-order valence-corrected chi connectivity index (χ3v) is 6.94. The molecule has 2 saturated heterocycles. The maximum Gasteiger partial charge on any atom is 0.328 e. The second-order valence-corrected chi connectivity index (χ2v) is 9.63. The Labute approximate surface area is 245 Å². The predicted molar refractivity (Wildman–Crippen MR) is 159 cm³/mol. The molecule has 2 aromatic carbocycles. The fraction of sp³-hybridized carbons (Fsp3) is 0.414. The van der Waals surface area contributed by atoms with Crippen molar-refractivity contribution in [1.82, 2.24) is 9.80 Å². The van der Waals surface area contributed by atoms with Gasteiger partial charge < -0.3 is 49.3 Å². The molecule has 2 fully saturated rings. The molecule has 2 aromatic rings. The van der Waals surface area contributed by atoms with Crippen LogP contribution in [-0.2, 0) is 9.59 Å². The van der Waals surface area contributed by atoms with E-state index in [1.807, 2.05) is 41.3 Å². The number of anilines is 3. The number of hydrogen-bond acceptors (Lipinski definition) is 9. The molecule has 0 radical (unpaired) electrons. The minimum atomic E-state index is -1.26. The predicted octanol–water partition coefficient (Wildman–Crippen LogP) is 2.53. The first-order valence-electron chi connectivity index (χ1n) is 13.4. The van der Waals surface area contributed by atoms with Gasteiger partial charge in [0.2, 0.25) is 0 Å². The lowest BCUT2D eigenvalue weighted by Gasteiger charge is -2.36. The van der Waals surface area contributed by atoms with Gasteiger partial charge in [-0.15, -0.1) is 0 Å². The number of benzene rings is 2. The maximum absolute atomic E-state index is 13.0. The molecule has 2 amide bonds. The highest BCUT2D eigenvalue weighted by atomic mass is 16.5. The van der Waals surface area contributed by atoms with E-state index in [1.54, 1.807) is 21.3 Å². The molecule has 13 heteroatoms. The minimum Gasteiger partial charge on any atom is -0.495 e. The highest BCUT2D eigenvalue weighted by Gasteiger charge is 2.23. The summed E-state index contributed by atoms with van der Waals surface area (Å²) in [6.45, 7) is 6.65. The van der Waals surface area contributed by atoms with Gasteiger partial charge in [0.1, 0.15) is 5.75 Å². The van der Waals surface area contributed by atoms with Crippen molar-refractivity contribution in [2.24, 2.45) is 0 Å². The van der Waals surface area contributed by atoms with Crippen LogP contribution in [0.1, 0.15) is 0 Å². The van der Waals surface area contributed by atoms with Crippen LogP contribution in [-0.4, -0.2) is 119 Å². The molecule has 0 saturated carbocycles. The Morgan fingerprint density at radius 1 is 0.714 bits per heavy atom. The molecule has 0 spiro atoms. The SMILES string of the molecule is COc1ccc(N2CCN(C(=O)Nc3ccc(OC)c(N4CCN(C)CC4)c3)CC2)cc1OC.O=C(O)/C=C/C(=O)O. The van der Waals surface area contributed by atoms with Crippen LogP contribution in [0.4, 0.5) is 21.9 Å². The van der Waals surface area contributed by atoms with E-state index in [0.29, 0.717) is 36.7 Å². The first-order chi connectivity index (χ1) is 20.1. The van der Waals surface area contributed by atoms with Crippen LogP contribution in [0.5, 0.6) is 17.2 Å². The van der Waals surface area contributed by atoms with Crippen LogP contribution in [0.15, 0.2) is 48.6 Å². The van der Waals surface area contributed by atoms with Crippen LogP contribution in [0.3, 0.4) is 0 Å². The number of amides is 2. The van der Waals surface area contributed by atoms with Crippen LogP contribution in [0.2, 0.25) is 0 Å². The molecule has 3 N–H and O–H groups in total. The second kappa shape index (κ2) is 15.4. The first kappa shape index (κ1) is 31.9. The standard InChI is InChI=1S/C25H35N5O4.C4H4O4/c1-27-9-11-29(12-10-27)21-17-19(5-7-22(21)32-2)26-25(31)30-15-13-28(14-16-30)20-6-8-23(33-3)24(18-20)34-4;5-3(6)1-2-4(7)8/h5-8,17-18H,9-16H2,1-4H3,(H,26,31);1-2H,(H,5,6)(H,7,8)/b;2-1+. The van der Waals surface area contributed by atoms with Gasteiger partial charge in [-0.05, 0) is 37.4 Å². The lowest BCUT2D eigenvalue weighted by atomic mass is 10.2. The summed E-state index contributed by atoms with van der Waals surface area (Å²) in [5.74, 6) is -0.276. The topological polar surface area (TPSA) is 144 Å². The molecule has 2 aliphatic heterocycles. The van der Waals surface area contributed by atoms with Gasteiger partial charge in [0.05, 0.1) is 27.0 Å². The summed E-state index contributed by atoms with van der Waals surface area (Å²) in [5.41, 5.74) is 2.86. The lowest BCUT2D eigenvalue weighted by Crippen LogP contribution is -2.50. The number of hydrogen-bond donors (Lipinski definition) is 3. The van der Waals surface area contributed by atoms with Gasteiger partial charge in [0.25, 0.3) is 0 Å². The highest BCUT2D eigenvalue weighted by Crippen LogP contribution is 2.33. The van der Waals surface area contributed by atoms with E-state index in [0.717, 1.165) is 62.1 Å². The number of urea groups is 1. The molecule has 0 bridgehead atoms. The molecule has 13 nitrogen and oxygen atoms in total. The number of rotatable bonds is 8. The van der Waals surface area contributed by atoms with Crippen molar-refractivity contribution in [2.45, 2.75) is 0 Å². The van der Waals surface area contributed by atoms with Crippen LogP contribution < -0.4 is 29.3 Å². The molecule has 0 atom stereocenters. The highest BCUT2D eigenvalue weighted by molar-refractivity contribution is 5.91. The summed E-state index contributed by atoms with van der Waals surface area (Å²) in [7, 11) is 7.09. The van der Waals surface area contributed by atoms with Crippen LogP contribution in [0.25, 0.3) is 0 Å². The third kappa shape index (κ3) is 8.93. The molecular formula is C29H39N5O8. The van der Waals surface area contributed by atoms with Crippen molar-refractivity contribution in [1.29, 1.82) is 0 Å². The van der Waals surface area contributed by atoms with E-state index in [2.05, 4.69) is 27.1 Å². The van der Waals surface area contributed by atoms with E-state index in [9.17, 15) is 14.4 Å². The minimum absolute atomic E-state index is 0.0820. The van der Waals surface area contributed by atoms with Crippen LogP contribution >= 0.6 is 0 Å². The number of nitrogens with zero attached hydrogens (tertiary/aromatic N) is 4. The number of carbonyl (C=O) groups is 3. The van der Waals surface area contributed by atoms with Gasteiger partial charge in [-0.2, -0.15) is 0 Å². The average Bonchev–Trinajstić information content (AvgIpc) is 3.00. The largest absolute Gasteiger partial charge is 0.495 e. The van der Waals surface area contributed by atoms with Crippen molar-refractivity contribution in [3.63, 3.8) is 0 Å². The van der Waals surface area contributed by atoms with Crippen molar-refractivity contribution in [3.8, 4) is 17.2 Å². The number of ether oxygens (including phenoxy) is 3. The molecular weight excluding hydrogens is 546 g/mol. The summed E-state index contributed by atoms with van der Waals surface area (Å²) in [5, 5.41) is 18.7. The van der Waals surface area contributed by atoms with E-state index >= 15 is 0 Å². The number of likely N-dealkylation sites (N-methyl/N-ethyl adjacent to an activating group) is 1. The Bertz CT molecular complexity index is 1240. The fourth-order valence-electron chi connectivity index (χ4n) is 4.60. The van der Waals surface area contributed by atoms with Crippen molar-refractivity contribution < 1.29 is 38.8 Å². The summed E-state index contributed by atoms with van der Waals surface area (Å²) in [6, 6.07) is 11.7. The van der Waals surface area contributed by atoms with E-state index < -0.39 is 11.9 Å². The first-order valence-corrected chi connectivity index (χ1v) is 13.4. The number of carbonyl (C=O) groups excluding carboxylic acids is 1. The Morgan fingerprint density at radius 3 is 1.81 bits per heavy atom. The Morgan fingerprint density at radius 2 is 1.26 bits per heavy atom. The molecule has 228 valence electrons. The third-order valence-electron chi connectivity index (χ3n) is 6.94. The number of piperazine rings is 2. The smallest absolute Gasteiger partial charge is 0.328 e. The van der Waals surface area contributed by atoms with Crippen molar-refractivity contribution >= 4 is 35.0 Å². The van der Waals surface area contributed by atoms with E-state index in [-0.39, 0.29) is 6.03 Å². The fourth-order valence-corrected chi connectivity index (χ4v) is 4.60. The number of nitrogens with one attached hydrogen (secondary N) is 1. The molecule has 4 rings (SSSR count). The van der Waals surface area contributed by atoms with E-state index in [4.69, 9.17) is 24.4 Å². The number of carboxylic acid groups (broad SMARTS) is 2. The summed E-state index contributed by atoms with van der Waals surface area (Å²) >= 11 is 0. The Balaban J connectivity index is 0.000000531.